The molecule has 0 atom stereocenters. The summed E-state index contributed by atoms with van der Waals surface area (Å²) in [7, 11) is 1.70. The molecule has 1 aromatic rings. The molecular formula is C15H22N2O2. The van der Waals surface area contributed by atoms with Crippen LogP contribution < -0.4 is 9.64 Å². The lowest BCUT2D eigenvalue weighted by Gasteiger charge is -2.36. The molecule has 1 fully saturated rings. The second kappa shape index (κ2) is 5.95. The average Bonchev–Trinajstić information content (AvgIpc) is 2.46. The van der Waals surface area contributed by atoms with Crippen molar-refractivity contribution in [2.24, 2.45) is 0 Å². The highest BCUT2D eigenvalue weighted by molar-refractivity contribution is 5.76. The van der Waals surface area contributed by atoms with Gasteiger partial charge >= 0.3 is 0 Å². The third-order valence-corrected chi connectivity index (χ3v) is 3.61. The molecule has 0 saturated carbocycles. The number of carbonyl (C=O) groups excluding carboxylic acids is 1. The molecule has 0 spiro atoms. The minimum Gasteiger partial charge on any atom is -0.495 e. The molecular weight excluding hydrogens is 240 g/mol. The highest BCUT2D eigenvalue weighted by atomic mass is 16.5. The molecule has 104 valence electrons. The first kappa shape index (κ1) is 13.7. The number of amides is 1. The quantitative estimate of drug-likeness (QED) is 0.836. The van der Waals surface area contributed by atoms with Gasteiger partial charge in [-0.1, -0.05) is 13.0 Å². The molecule has 1 saturated heterocycles. The summed E-state index contributed by atoms with van der Waals surface area (Å²) < 4.78 is 5.43. The maximum Gasteiger partial charge on any atom is 0.222 e. The summed E-state index contributed by atoms with van der Waals surface area (Å²) in [6.45, 7) is 7.32. The van der Waals surface area contributed by atoms with Crippen LogP contribution in [-0.4, -0.2) is 44.1 Å². The van der Waals surface area contributed by atoms with Gasteiger partial charge in [-0.3, -0.25) is 4.79 Å². The number of carbonyl (C=O) groups is 1. The number of methoxy groups -OCH3 is 1. The van der Waals surface area contributed by atoms with Crippen molar-refractivity contribution < 1.29 is 9.53 Å². The summed E-state index contributed by atoms with van der Waals surface area (Å²) in [5, 5.41) is 0. The molecule has 19 heavy (non-hydrogen) atoms. The Morgan fingerprint density at radius 1 is 1.26 bits per heavy atom. The van der Waals surface area contributed by atoms with Crippen LogP contribution in [0.15, 0.2) is 18.2 Å². The Balaban J connectivity index is 2.09. The van der Waals surface area contributed by atoms with Crippen molar-refractivity contribution in [3.05, 3.63) is 23.8 Å². The number of ether oxygens (including phenoxy) is 1. The summed E-state index contributed by atoms with van der Waals surface area (Å²) in [6.07, 6.45) is 0.591. The van der Waals surface area contributed by atoms with Crippen molar-refractivity contribution in [1.29, 1.82) is 0 Å². The molecule has 1 aliphatic rings. The third kappa shape index (κ3) is 3.00. The van der Waals surface area contributed by atoms with E-state index in [0.29, 0.717) is 6.42 Å². The number of piperazine rings is 1. The lowest BCUT2D eigenvalue weighted by atomic mass is 10.1. The Labute approximate surface area is 115 Å². The third-order valence-electron chi connectivity index (χ3n) is 3.61. The number of hydrogen-bond donors (Lipinski definition) is 0. The molecule has 1 aliphatic heterocycles. The molecule has 2 rings (SSSR count). The molecule has 4 nitrogen and oxygen atoms in total. The van der Waals surface area contributed by atoms with Gasteiger partial charge in [0.2, 0.25) is 5.91 Å². The Bertz CT molecular complexity index is 451. The topological polar surface area (TPSA) is 32.8 Å². The number of nitrogens with zero attached hydrogens (tertiary/aromatic N) is 2. The molecule has 0 unspecified atom stereocenters. The van der Waals surface area contributed by atoms with Gasteiger partial charge in [0.15, 0.2) is 0 Å². The van der Waals surface area contributed by atoms with Gasteiger partial charge in [0.25, 0.3) is 0 Å². The summed E-state index contributed by atoms with van der Waals surface area (Å²) in [5.41, 5.74) is 2.36. The molecule has 0 radical (unpaired) electrons. The second-order valence-corrected chi connectivity index (χ2v) is 4.90. The number of benzene rings is 1. The van der Waals surface area contributed by atoms with E-state index in [9.17, 15) is 4.79 Å². The first-order valence-electron chi connectivity index (χ1n) is 6.83. The van der Waals surface area contributed by atoms with Crippen molar-refractivity contribution >= 4 is 11.6 Å². The van der Waals surface area contributed by atoms with Crippen LogP contribution in [0.25, 0.3) is 0 Å². The van der Waals surface area contributed by atoms with Crippen molar-refractivity contribution in [3.63, 3.8) is 0 Å². The van der Waals surface area contributed by atoms with Crippen LogP contribution in [0.2, 0.25) is 0 Å². The summed E-state index contributed by atoms with van der Waals surface area (Å²) in [4.78, 5) is 15.9. The van der Waals surface area contributed by atoms with Gasteiger partial charge in [0, 0.05) is 32.6 Å². The van der Waals surface area contributed by atoms with Gasteiger partial charge in [-0.25, -0.2) is 0 Å². The first-order valence-corrected chi connectivity index (χ1v) is 6.83. The zero-order chi connectivity index (χ0) is 13.8. The summed E-state index contributed by atoms with van der Waals surface area (Å²) >= 11 is 0. The molecule has 0 aliphatic carbocycles. The summed E-state index contributed by atoms with van der Waals surface area (Å²) in [6, 6.07) is 6.21. The fourth-order valence-corrected chi connectivity index (χ4v) is 2.47. The lowest BCUT2D eigenvalue weighted by Crippen LogP contribution is -2.48. The molecule has 0 bridgehead atoms. The van der Waals surface area contributed by atoms with E-state index in [0.717, 1.165) is 37.6 Å². The SMILES string of the molecule is CCC(=O)N1CCN(c2cc(C)ccc2OC)CC1. The molecule has 4 heteroatoms. The van der Waals surface area contributed by atoms with Crippen LogP contribution in [-0.2, 0) is 4.79 Å². The van der Waals surface area contributed by atoms with Gasteiger partial charge in [-0.05, 0) is 24.6 Å². The number of hydrogen-bond acceptors (Lipinski definition) is 3. The largest absolute Gasteiger partial charge is 0.495 e. The smallest absolute Gasteiger partial charge is 0.222 e. The van der Waals surface area contributed by atoms with Crippen LogP contribution in [0, 0.1) is 6.92 Å². The molecule has 0 aromatic heterocycles. The fraction of sp³-hybridized carbons (Fsp3) is 0.533. The highest BCUT2D eigenvalue weighted by Crippen LogP contribution is 2.29. The van der Waals surface area contributed by atoms with E-state index in [4.69, 9.17) is 4.74 Å². The number of anilines is 1. The van der Waals surface area contributed by atoms with Gasteiger partial charge in [-0.2, -0.15) is 0 Å². The Morgan fingerprint density at radius 2 is 1.95 bits per heavy atom. The van der Waals surface area contributed by atoms with E-state index < -0.39 is 0 Å². The predicted molar refractivity (Wildman–Crippen MR) is 76.8 cm³/mol. The van der Waals surface area contributed by atoms with Crippen molar-refractivity contribution in [1.82, 2.24) is 4.90 Å². The van der Waals surface area contributed by atoms with E-state index in [1.807, 2.05) is 17.9 Å². The van der Waals surface area contributed by atoms with E-state index in [1.165, 1.54) is 5.56 Å². The lowest BCUT2D eigenvalue weighted by molar-refractivity contribution is -0.131. The monoisotopic (exact) mass is 262 g/mol. The second-order valence-electron chi connectivity index (χ2n) is 4.90. The van der Waals surface area contributed by atoms with Gasteiger partial charge in [-0.15, -0.1) is 0 Å². The average molecular weight is 262 g/mol. The first-order chi connectivity index (χ1) is 9.15. The Hall–Kier alpha value is -1.71. The van der Waals surface area contributed by atoms with Crippen LogP contribution in [0.4, 0.5) is 5.69 Å². The number of rotatable bonds is 3. The Kier molecular flexibility index (Phi) is 4.30. The van der Waals surface area contributed by atoms with Gasteiger partial charge in [0.1, 0.15) is 5.75 Å². The summed E-state index contributed by atoms with van der Waals surface area (Å²) in [5.74, 6) is 1.15. The zero-order valence-electron chi connectivity index (χ0n) is 12.0. The van der Waals surface area contributed by atoms with E-state index in [1.54, 1.807) is 7.11 Å². The van der Waals surface area contributed by atoms with Crippen molar-refractivity contribution in [2.75, 3.05) is 38.2 Å². The van der Waals surface area contributed by atoms with Crippen molar-refractivity contribution in [2.45, 2.75) is 20.3 Å². The normalized spacial score (nSPS) is 15.5. The van der Waals surface area contributed by atoms with E-state index in [-0.39, 0.29) is 5.91 Å². The molecule has 1 amide bonds. The molecule has 1 heterocycles. The predicted octanol–water partition coefficient (Wildman–Crippen LogP) is 2.06. The van der Waals surface area contributed by atoms with E-state index >= 15 is 0 Å². The van der Waals surface area contributed by atoms with Crippen LogP contribution >= 0.6 is 0 Å². The minimum atomic E-state index is 0.246. The molecule has 0 N–H and O–H groups in total. The van der Waals surface area contributed by atoms with Crippen molar-refractivity contribution in [3.8, 4) is 5.75 Å². The van der Waals surface area contributed by atoms with Crippen LogP contribution in [0.3, 0.4) is 0 Å². The minimum absolute atomic E-state index is 0.246. The standard InChI is InChI=1S/C15H22N2O2/c1-4-15(18)17-9-7-16(8-10-17)13-11-12(2)5-6-14(13)19-3/h5-6,11H,4,7-10H2,1-3H3. The van der Waals surface area contributed by atoms with Gasteiger partial charge in [0.05, 0.1) is 12.8 Å². The van der Waals surface area contributed by atoms with Crippen LogP contribution in [0.5, 0.6) is 5.75 Å². The zero-order valence-corrected chi connectivity index (χ0v) is 12.0. The van der Waals surface area contributed by atoms with Gasteiger partial charge < -0.3 is 14.5 Å². The number of aryl methyl sites for hydroxylation is 1. The maximum atomic E-state index is 11.7. The fourth-order valence-electron chi connectivity index (χ4n) is 2.47. The molecule has 1 aromatic carbocycles. The van der Waals surface area contributed by atoms with E-state index in [2.05, 4.69) is 24.0 Å². The highest BCUT2D eigenvalue weighted by Gasteiger charge is 2.21. The maximum absolute atomic E-state index is 11.7. The Morgan fingerprint density at radius 3 is 2.53 bits per heavy atom. The van der Waals surface area contributed by atoms with Crippen LogP contribution in [0.1, 0.15) is 18.9 Å².